The van der Waals surface area contributed by atoms with Crippen LogP contribution in [0.25, 0.3) is 0 Å². The van der Waals surface area contributed by atoms with Crippen LogP contribution in [-0.2, 0) is 5.41 Å². The molecule has 23 heavy (non-hydrogen) atoms. The Hall–Kier alpha value is -1.69. The first-order valence-corrected chi connectivity index (χ1v) is 9.23. The van der Waals surface area contributed by atoms with Crippen molar-refractivity contribution in [3.05, 3.63) is 34.1 Å². The summed E-state index contributed by atoms with van der Waals surface area (Å²) in [5.41, 5.74) is 0.657. The molecule has 1 amide bonds. The van der Waals surface area contributed by atoms with Crippen LogP contribution in [0.2, 0.25) is 0 Å². The number of piperidine rings is 1. The molecule has 1 saturated carbocycles. The van der Waals surface area contributed by atoms with E-state index in [0.717, 1.165) is 43.1 Å². The maximum atomic E-state index is 12.8. The van der Waals surface area contributed by atoms with Gasteiger partial charge in [0, 0.05) is 25.4 Å². The van der Waals surface area contributed by atoms with Crippen molar-refractivity contribution >= 4 is 17.2 Å². The molecule has 6 heteroatoms. The van der Waals surface area contributed by atoms with Crippen LogP contribution in [0, 0.1) is 12.8 Å². The van der Waals surface area contributed by atoms with Gasteiger partial charge in [-0.25, -0.2) is 0 Å². The summed E-state index contributed by atoms with van der Waals surface area (Å²) in [5.74, 6) is 2.29. The zero-order chi connectivity index (χ0) is 15.9. The summed E-state index contributed by atoms with van der Waals surface area (Å²) in [4.78, 5) is 19.3. The topological polar surface area (TPSA) is 59.2 Å². The van der Waals surface area contributed by atoms with E-state index in [9.17, 15) is 4.79 Å². The van der Waals surface area contributed by atoms with Crippen LogP contribution in [-0.4, -0.2) is 34.0 Å². The van der Waals surface area contributed by atoms with Crippen LogP contribution < -0.4 is 0 Å². The number of carbonyl (C=O) groups is 1. The van der Waals surface area contributed by atoms with Gasteiger partial charge in [-0.2, -0.15) is 16.3 Å². The monoisotopic (exact) mass is 331 g/mol. The van der Waals surface area contributed by atoms with Crippen molar-refractivity contribution in [3.8, 4) is 0 Å². The van der Waals surface area contributed by atoms with Gasteiger partial charge in [0.15, 0.2) is 5.82 Å². The Labute approximate surface area is 139 Å². The number of amides is 1. The number of nitrogens with zero attached hydrogens (tertiary/aromatic N) is 3. The van der Waals surface area contributed by atoms with Gasteiger partial charge in [-0.1, -0.05) is 18.0 Å². The van der Waals surface area contributed by atoms with Crippen molar-refractivity contribution in [1.82, 2.24) is 15.0 Å². The van der Waals surface area contributed by atoms with Crippen molar-refractivity contribution in [3.63, 3.8) is 0 Å². The van der Waals surface area contributed by atoms with E-state index in [1.165, 1.54) is 12.8 Å². The molecule has 2 aliphatic rings. The lowest BCUT2D eigenvalue weighted by Crippen LogP contribution is -2.49. The van der Waals surface area contributed by atoms with E-state index >= 15 is 0 Å². The lowest BCUT2D eigenvalue weighted by atomic mass is 9.74. The molecule has 1 aliphatic heterocycles. The molecule has 4 rings (SSSR count). The smallest absolute Gasteiger partial charge is 0.254 e. The third-order valence-electron chi connectivity index (χ3n) is 5.01. The maximum Gasteiger partial charge on any atom is 0.254 e. The van der Waals surface area contributed by atoms with E-state index in [4.69, 9.17) is 4.52 Å². The number of hydrogen-bond donors (Lipinski definition) is 0. The number of rotatable bonds is 4. The van der Waals surface area contributed by atoms with Crippen molar-refractivity contribution in [2.24, 2.45) is 5.92 Å². The second-order valence-electron chi connectivity index (χ2n) is 6.91. The SMILES string of the molecule is Cc1nc(C2(CC3CC3)CCCN(C(=O)c3ccsc3)C2)no1. The average Bonchev–Trinajstić information content (AvgIpc) is 3.04. The van der Waals surface area contributed by atoms with Gasteiger partial charge in [-0.15, -0.1) is 0 Å². The number of thiophene rings is 1. The van der Waals surface area contributed by atoms with Crippen molar-refractivity contribution < 1.29 is 9.32 Å². The predicted octanol–water partition coefficient (Wildman–Crippen LogP) is 3.41. The van der Waals surface area contributed by atoms with Gasteiger partial charge in [0.25, 0.3) is 5.91 Å². The van der Waals surface area contributed by atoms with Crippen LogP contribution >= 0.6 is 11.3 Å². The molecule has 1 aliphatic carbocycles. The lowest BCUT2D eigenvalue weighted by molar-refractivity contribution is 0.0607. The van der Waals surface area contributed by atoms with Crippen molar-refractivity contribution in [2.75, 3.05) is 13.1 Å². The summed E-state index contributed by atoms with van der Waals surface area (Å²) in [5, 5.41) is 8.11. The molecule has 2 aromatic rings. The Morgan fingerprint density at radius 3 is 3.04 bits per heavy atom. The first-order valence-electron chi connectivity index (χ1n) is 8.29. The van der Waals surface area contributed by atoms with Gasteiger partial charge < -0.3 is 9.42 Å². The third kappa shape index (κ3) is 2.92. The molecule has 0 aromatic carbocycles. The highest BCUT2D eigenvalue weighted by atomic mass is 32.1. The molecule has 0 radical (unpaired) electrons. The third-order valence-corrected chi connectivity index (χ3v) is 5.69. The summed E-state index contributed by atoms with van der Waals surface area (Å²) in [6, 6.07) is 1.91. The number of hydrogen-bond acceptors (Lipinski definition) is 5. The Kier molecular flexibility index (Phi) is 3.71. The highest BCUT2D eigenvalue weighted by molar-refractivity contribution is 7.08. The summed E-state index contributed by atoms with van der Waals surface area (Å²) in [6.45, 7) is 3.35. The number of likely N-dealkylation sites (tertiary alicyclic amines) is 1. The highest BCUT2D eigenvalue weighted by Gasteiger charge is 2.45. The predicted molar refractivity (Wildman–Crippen MR) is 87.5 cm³/mol. The van der Waals surface area contributed by atoms with Crippen molar-refractivity contribution in [2.45, 2.75) is 44.4 Å². The van der Waals surface area contributed by atoms with Gasteiger partial charge >= 0.3 is 0 Å². The minimum absolute atomic E-state index is 0.131. The Morgan fingerprint density at radius 1 is 1.52 bits per heavy atom. The minimum Gasteiger partial charge on any atom is -0.340 e. The van der Waals surface area contributed by atoms with Crippen LogP contribution in [0.3, 0.4) is 0 Å². The van der Waals surface area contributed by atoms with E-state index < -0.39 is 0 Å². The highest BCUT2D eigenvalue weighted by Crippen LogP contribution is 2.45. The Bertz CT molecular complexity index is 693. The van der Waals surface area contributed by atoms with Crippen LogP contribution in [0.15, 0.2) is 21.3 Å². The number of aryl methyl sites for hydroxylation is 1. The normalized spacial score (nSPS) is 24.8. The lowest BCUT2D eigenvalue weighted by Gasteiger charge is -2.41. The zero-order valence-electron chi connectivity index (χ0n) is 13.3. The fraction of sp³-hybridized carbons (Fsp3) is 0.588. The first kappa shape index (κ1) is 14.9. The molecule has 0 bridgehead atoms. The molecule has 1 unspecified atom stereocenters. The Balaban J connectivity index is 1.61. The van der Waals surface area contributed by atoms with E-state index in [-0.39, 0.29) is 11.3 Å². The number of aromatic nitrogens is 2. The largest absolute Gasteiger partial charge is 0.340 e. The van der Waals surface area contributed by atoms with E-state index in [1.807, 2.05) is 28.7 Å². The van der Waals surface area contributed by atoms with Gasteiger partial charge in [0.05, 0.1) is 11.0 Å². The maximum absolute atomic E-state index is 12.8. The second-order valence-corrected chi connectivity index (χ2v) is 7.69. The van der Waals surface area contributed by atoms with Gasteiger partial charge in [-0.3, -0.25) is 4.79 Å². The molecule has 122 valence electrons. The molecular formula is C17H21N3O2S. The summed E-state index contributed by atoms with van der Waals surface area (Å²) >= 11 is 1.56. The van der Waals surface area contributed by atoms with Crippen molar-refractivity contribution in [1.29, 1.82) is 0 Å². The fourth-order valence-corrected chi connectivity index (χ4v) is 4.33. The molecule has 5 nitrogen and oxygen atoms in total. The first-order chi connectivity index (χ1) is 11.2. The quantitative estimate of drug-likeness (QED) is 0.861. The number of carbonyl (C=O) groups excluding carboxylic acids is 1. The molecule has 2 fully saturated rings. The molecule has 0 spiro atoms. The fourth-order valence-electron chi connectivity index (χ4n) is 3.70. The van der Waals surface area contributed by atoms with Gasteiger partial charge in [0.1, 0.15) is 0 Å². The van der Waals surface area contributed by atoms with E-state index in [1.54, 1.807) is 11.3 Å². The van der Waals surface area contributed by atoms with E-state index in [0.29, 0.717) is 12.4 Å². The molecule has 1 atom stereocenters. The molecule has 1 saturated heterocycles. The average molecular weight is 331 g/mol. The van der Waals surface area contributed by atoms with Crippen LogP contribution in [0.4, 0.5) is 0 Å². The summed E-state index contributed by atoms with van der Waals surface area (Å²) in [6.07, 6.45) is 5.68. The second kappa shape index (κ2) is 5.74. The molecular weight excluding hydrogens is 310 g/mol. The summed E-state index contributed by atoms with van der Waals surface area (Å²) < 4.78 is 5.25. The Morgan fingerprint density at radius 2 is 2.39 bits per heavy atom. The van der Waals surface area contributed by atoms with Gasteiger partial charge in [0.2, 0.25) is 5.89 Å². The molecule has 3 heterocycles. The standard InChI is InChI=1S/C17H21N3O2S/c1-12-18-16(19-22-12)17(9-13-3-4-13)6-2-7-20(11-17)15(21)14-5-8-23-10-14/h5,8,10,13H,2-4,6-7,9,11H2,1H3. The molecule has 0 N–H and O–H groups in total. The van der Waals surface area contributed by atoms with Crippen LogP contribution in [0.5, 0.6) is 0 Å². The van der Waals surface area contributed by atoms with Crippen LogP contribution in [0.1, 0.15) is 54.2 Å². The van der Waals surface area contributed by atoms with Gasteiger partial charge in [-0.05, 0) is 36.6 Å². The molecule has 2 aromatic heterocycles. The zero-order valence-corrected chi connectivity index (χ0v) is 14.1. The van der Waals surface area contributed by atoms with E-state index in [2.05, 4.69) is 10.1 Å². The summed E-state index contributed by atoms with van der Waals surface area (Å²) in [7, 11) is 0. The minimum atomic E-state index is -0.136.